The molecule has 4 aromatic carbocycles. The Balaban J connectivity index is 1.36. The van der Waals surface area contributed by atoms with E-state index in [1.54, 1.807) is 0 Å². The van der Waals surface area contributed by atoms with Gasteiger partial charge in [0.1, 0.15) is 0 Å². The van der Waals surface area contributed by atoms with Crippen LogP contribution in [0.25, 0.3) is 22.0 Å². The normalized spacial score (nSPS) is 18.3. The molecule has 2 unspecified atom stereocenters. The van der Waals surface area contributed by atoms with Crippen LogP contribution >= 0.6 is 0 Å². The van der Waals surface area contributed by atoms with Crippen LogP contribution in [0.4, 0.5) is 0 Å². The van der Waals surface area contributed by atoms with Gasteiger partial charge in [-0.15, -0.1) is 0 Å². The number of rotatable bonds is 1. The maximum absolute atomic E-state index is 2.55. The van der Waals surface area contributed by atoms with Gasteiger partial charge in [0, 0.05) is 29.6 Å². The quantitative estimate of drug-likeness (QED) is 0.212. The van der Waals surface area contributed by atoms with Crippen molar-refractivity contribution in [3.63, 3.8) is 0 Å². The van der Waals surface area contributed by atoms with Gasteiger partial charge in [-0.05, 0) is 79.3 Å². The molecule has 7 rings (SSSR count). The number of aromatic nitrogens is 1. The molecular weight excluding hydrogens is 470 g/mol. The summed E-state index contributed by atoms with van der Waals surface area (Å²) in [4.78, 5) is 0. The van der Waals surface area contributed by atoms with E-state index in [0.29, 0.717) is 11.8 Å². The van der Waals surface area contributed by atoms with E-state index in [4.69, 9.17) is 0 Å². The summed E-state index contributed by atoms with van der Waals surface area (Å²) in [6.07, 6.45) is 1.03. The topological polar surface area (TPSA) is 4.93 Å². The van der Waals surface area contributed by atoms with E-state index in [1.165, 1.54) is 61.1 Å². The van der Waals surface area contributed by atoms with E-state index < -0.39 is 0 Å². The maximum atomic E-state index is 2.55. The van der Waals surface area contributed by atoms with Gasteiger partial charge in [-0.3, -0.25) is 0 Å². The third kappa shape index (κ3) is 3.89. The molecule has 0 fully saturated rings. The van der Waals surface area contributed by atoms with Crippen molar-refractivity contribution in [1.82, 2.24) is 4.57 Å². The maximum Gasteiger partial charge on any atom is 0.0485 e. The van der Waals surface area contributed by atoms with Crippen molar-refractivity contribution in [3.8, 4) is 11.1 Å². The Hall–Kier alpha value is -3.58. The SMILES string of the molecule is CC(C)(C)C1c2ccccc2Cc2ccc(-c3ccc4c(c3)C(C(C)(C)C)c3cc5ccccc5n3C4)cc21. The minimum atomic E-state index is 0.108. The number of benzene rings is 4. The zero-order valence-corrected chi connectivity index (χ0v) is 24.2. The average molecular weight is 510 g/mol. The zero-order chi connectivity index (χ0) is 27.1. The Morgan fingerprint density at radius 3 is 1.87 bits per heavy atom. The summed E-state index contributed by atoms with van der Waals surface area (Å²) < 4.78 is 2.55. The Bertz CT molecular complexity index is 1730. The zero-order valence-electron chi connectivity index (χ0n) is 24.2. The number of para-hydroxylation sites is 1. The molecule has 0 saturated carbocycles. The van der Waals surface area contributed by atoms with Gasteiger partial charge in [0.15, 0.2) is 0 Å². The lowest BCUT2D eigenvalue weighted by atomic mass is 9.66. The van der Waals surface area contributed by atoms with E-state index in [1.807, 2.05) is 0 Å². The average Bonchev–Trinajstić information content (AvgIpc) is 3.26. The highest BCUT2D eigenvalue weighted by Crippen LogP contribution is 2.49. The molecule has 0 saturated heterocycles. The molecule has 196 valence electrons. The van der Waals surface area contributed by atoms with Crippen molar-refractivity contribution in [2.45, 2.75) is 66.3 Å². The highest BCUT2D eigenvalue weighted by Gasteiger charge is 2.37. The molecule has 1 aliphatic heterocycles. The molecular formula is C38H39N. The van der Waals surface area contributed by atoms with Crippen LogP contribution in [-0.2, 0) is 13.0 Å². The first-order chi connectivity index (χ1) is 18.6. The molecule has 0 amide bonds. The van der Waals surface area contributed by atoms with E-state index >= 15 is 0 Å². The van der Waals surface area contributed by atoms with Gasteiger partial charge in [0.25, 0.3) is 0 Å². The van der Waals surface area contributed by atoms with Crippen LogP contribution < -0.4 is 0 Å². The number of nitrogens with zero attached hydrogens (tertiary/aromatic N) is 1. The molecule has 1 aromatic heterocycles. The molecule has 39 heavy (non-hydrogen) atoms. The number of hydrogen-bond donors (Lipinski definition) is 0. The fourth-order valence-electron chi connectivity index (χ4n) is 7.56. The Kier molecular flexibility index (Phi) is 5.30. The van der Waals surface area contributed by atoms with Crippen LogP contribution in [0, 0.1) is 10.8 Å². The first kappa shape index (κ1) is 24.5. The molecule has 0 N–H and O–H groups in total. The van der Waals surface area contributed by atoms with Crippen LogP contribution in [0.2, 0.25) is 0 Å². The van der Waals surface area contributed by atoms with Gasteiger partial charge >= 0.3 is 0 Å². The van der Waals surface area contributed by atoms with E-state index in [9.17, 15) is 0 Å². The third-order valence-corrected chi connectivity index (χ3v) is 9.19. The minimum Gasteiger partial charge on any atom is -0.340 e. The Morgan fingerprint density at radius 1 is 0.564 bits per heavy atom. The van der Waals surface area contributed by atoms with Crippen LogP contribution in [-0.4, -0.2) is 4.57 Å². The summed E-state index contributed by atoms with van der Waals surface area (Å²) in [5.74, 6) is 0.744. The molecule has 5 aromatic rings. The highest BCUT2D eigenvalue weighted by atomic mass is 15.0. The molecule has 2 atom stereocenters. The molecule has 0 radical (unpaired) electrons. The highest BCUT2D eigenvalue weighted by molar-refractivity contribution is 5.82. The summed E-state index contributed by atoms with van der Waals surface area (Å²) >= 11 is 0. The molecule has 0 bridgehead atoms. The molecule has 1 heteroatoms. The van der Waals surface area contributed by atoms with Gasteiger partial charge in [0.05, 0.1) is 0 Å². The smallest absolute Gasteiger partial charge is 0.0485 e. The molecule has 1 nitrogen and oxygen atoms in total. The second-order valence-corrected chi connectivity index (χ2v) is 14.0. The number of fused-ring (bicyclic) bond motifs is 6. The summed E-state index contributed by atoms with van der Waals surface area (Å²) in [6, 6.07) is 34.9. The summed E-state index contributed by atoms with van der Waals surface area (Å²) in [5, 5.41) is 1.35. The van der Waals surface area contributed by atoms with Gasteiger partial charge in [-0.1, -0.05) is 120 Å². The Labute approximate surface area is 233 Å². The van der Waals surface area contributed by atoms with Gasteiger partial charge in [0.2, 0.25) is 0 Å². The van der Waals surface area contributed by atoms with Crippen molar-refractivity contribution in [2.24, 2.45) is 10.8 Å². The third-order valence-electron chi connectivity index (χ3n) is 9.19. The van der Waals surface area contributed by atoms with Crippen molar-refractivity contribution >= 4 is 10.9 Å². The predicted octanol–water partition coefficient (Wildman–Crippen LogP) is 9.93. The fourth-order valence-corrected chi connectivity index (χ4v) is 7.56. The summed E-state index contributed by atoms with van der Waals surface area (Å²) in [5.41, 5.74) is 14.6. The van der Waals surface area contributed by atoms with Gasteiger partial charge < -0.3 is 4.57 Å². The molecule has 2 aliphatic rings. The van der Waals surface area contributed by atoms with Crippen LogP contribution in [0.1, 0.15) is 92.5 Å². The molecule has 0 spiro atoms. The monoisotopic (exact) mass is 509 g/mol. The first-order valence-electron chi connectivity index (χ1n) is 14.5. The lowest BCUT2D eigenvalue weighted by Gasteiger charge is -2.38. The minimum absolute atomic E-state index is 0.108. The molecule has 2 heterocycles. The first-order valence-corrected chi connectivity index (χ1v) is 14.5. The summed E-state index contributed by atoms with van der Waals surface area (Å²) in [7, 11) is 0. The van der Waals surface area contributed by atoms with Gasteiger partial charge in [-0.2, -0.15) is 0 Å². The second kappa shape index (κ2) is 8.46. The summed E-state index contributed by atoms with van der Waals surface area (Å²) in [6.45, 7) is 15.3. The van der Waals surface area contributed by atoms with E-state index in [0.717, 1.165) is 13.0 Å². The van der Waals surface area contributed by atoms with E-state index in [2.05, 4.69) is 137 Å². The van der Waals surface area contributed by atoms with Crippen LogP contribution in [0.5, 0.6) is 0 Å². The standard InChI is InChI=1S/C38H39N/c1-37(2,3)35-30-13-9-7-11-26(30)19-27-17-15-24(20-31(27)35)25-16-18-29-23-39-33-14-10-8-12-28(33)22-34(39)36(32(29)21-25)38(4,5)6/h7-18,20-22,35-36H,19,23H2,1-6H3. The lowest BCUT2D eigenvalue weighted by Crippen LogP contribution is -2.28. The van der Waals surface area contributed by atoms with Crippen molar-refractivity contribution < 1.29 is 0 Å². The number of hydrogen-bond acceptors (Lipinski definition) is 0. The van der Waals surface area contributed by atoms with Crippen molar-refractivity contribution in [3.05, 3.63) is 130 Å². The predicted molar refractivity (Wildman–Crippen MR) is 165 cm³/mol. The fraction of sp³-hybridized carbons (Fsp3) is 0.316. The van der Waals surface area contributed by atoms with Crippen LogP contribution in [0.15, 0.2) is 91.0 Å². The van der Waals surface area contributed by atoms with E-state index in [-0.39, 0.29) is 10.8 Å². The van der Waals surface area contributed by atoms with Gasteiger partial charge in [-0.25, -0.2) is 0 Å². The largest absolute Gasteiger partial charge is 0.340 e. The lowest BCUT2D eigenvalue weighted by molar-refractivity contribution is 0.338. The Morgan fingerprint density at radius 2 is 1.15 bits per heavy atom. The van der Waals surface area contributed by atoms with Crippen LogP contribution in [0.3, 0.4) is 0 Å². The second-order valence-electron chi connectivity index (χ2n) is 14.0. The molecule has 1 aliphatic carbocycles. The van der Waals surface area contributed by atoms with Crippen molar-refractivity contribution in [1.29, 1.82) is 0 Å². The van der Waals surface area contributed by atoms with Crippen molar-refractivity contribution in [2.75, 3.05) is 0 Å².